The van der Waals surface area contributed by atoms with Crippen molar-refractivity contribution >= 4 is 27.6 Å². The van der Waals surface area contributed by atoms with Gasteiger partial charge in [-0.25, -0.2) is 18.4 Å². The van der Waals surface area contributed by atoms with Crippen molar-refractivity contribution in [3.05, 3.63) is 59.7 Å². The molecule has 0 heterocycles. The molecule has 2 aromatic carbocycles. The number of esters is 1. The number of sulfonamides is 1. The van der Waals surface area contributed by atoms with Crippen LogP contribution in [-0.4, -0.2) is 26.4 Å². The monoisotopic (exact) mass is 404 g/mol. The summed E-state index contributed by atoms with van der Waals surface area (Å²) in [6.07, 6.45) is -1.03. The maximum atomic E-state index is 12.2. The van der Waals surface area contributed by atoms with Crippen molar-refractivity contribution in [3.63, 3.8) is 0 Å². The third-order valence-corrected chi connectivity index (χ3v) is 5.02. The number of carbonyl (C=O) groups is 2. The van der Waals surface area contributed by atoms with Gasteiger partial charge in [0, 0.05) is 5.69 Å². The van der Waals surface area contributed by atoms with Crippen LogP contribution in [0.1, 0.15) is 43.6 Å². The normalized spacial score (nSPS) is 12.9. The molecule has 7 nitrogen and oxygen atoms in total. The van der Waals surface area contributed by atoms with E-state index in [9.17, 15) is 18.0 Å². The molecule has 0 radical (unpaired) electrons. The van der Waals surface area contributed by atoms with Crippen molar-refractivity contribution in [2.75, 3.05) is 5.32 Å². The average Bonchev–Trinajstić information content (AvgIpc) is 2.60. The summed E-state index contributed by atoms with van der Waals surface area (Å²) in [4.78, 5) is 24.4. The first-order chi connectivity index (χ1) is 12.9. The molecule has 2 rings (SSSR count). The van der Waals surface area contributed by atoms with Crippen LogP contribution in [0.3, 0.4) is 0 Å². The van der Waals surface area contributed by atoms with E-state index >= 15 is 0 Å². The quantitative estimate of drug-likeness (QED) is 0.744. The van der Waals surface area contributed by atoms with E-state index in [4.69, 9.17) is 9.88 Å². The summed E-state index contributed by atoms with van der Waals surface area (Å²) in [6, 6.07) is 12.4. The molecule has 0 fully saturated rings. The SMILES string of the molecule is CC(OC(=O)c1ccc(C(C)(C)C)cc1)C(=O)Nc1ccc(S(N)(=O)=O)cc1. The smallest absolute Gasteiger partial charge is 0.338 e. The minimum atomic E-state index is -3.81. The Bertz CT molecular complexity index is 959. The van der Waals surface area contributed by atoms with E-state index in [-0.39, 0.29) is 10.3 Å². The summed E-state index contributed by atoms with van der Waals surface area (Å²) >= 11 is 0. The van der Waals surface area contributed by atoms with Crippen LogP contribution in [0.5, 0.6) is 0 Å². The van der Waals surface area contributed by atoms with E-state index in [1.807, 2.05) is 12.1 Å². The van der Waals surface area contributed by atoms with Crippen molar-refractivity contribution < 1.29 is 22.7 Å². The lowest BCUT2D eigenvalue weighted by molar-refractivity contribution is -0.123. The second-order valence-corrected chi connectivity index (χ2v) is 8.99. The Hall–Kier alpha value is -2.71. The number of nitrogens with two attached hydrogens (primary N) is 1. The lowest BCUT2D eigenvalue weighted by Crippen LogP contribution is -2.30. The van der Waals surface area contributed by atoms with E-state index < -0.39 is 28.0 Å². The van der Waals surface area contributed by atoms with Crippen LogP contribution < -0.4 is 10.5 Å². The van der Waals surface area contributed by atoms with Gasteiger partial charge < -0.3 is 10.1 Å². The molecule has 0 aliphatic carbocycles. The van der Waals surface area contributed by atoms with Crippen LogP contribution in [0.4, 0.5) is 5.69 Å². The van der Waals surface area contributed by atoms with Crippen LogP contribution >= 0.6 is 0 Å². The van der Waals surface area contributed by atoms with E-state index in [1.54, 1.807) is 12.1 Å². The fourth-order valence-corrected chi connectivity index (χ4v) is 2.88. The molecule has 1 atom stereocenters. The number of primary sulfonamides is 1. The first-order valence-corrected chi connectivity index (χ1v) is 10.2. The molecule has 0 aromatic heterocycles. The fraction of sp³-hybridized carbons (Fsp3) is 0.300. The van der Waals surface area contributed by atoms with Crippen molar-refractivity contribution in [2.24, 2.45) is 5.14 Å². The van der Waals surface area contributed by atoms with Crippen molar-refractivity contribution in [2.45, 2.75) is 44.1 Å². The lowest BCUT2D eigenvalue weighted by Gasteiger charge is -2.19. The molecule has 0 saturated carbocycles. The summed E-state index contributed by atoms with van der Waals surface area (Å²) in [6.45, 7) is 7.67. The molecular formula is C20H24N2O5S. The molecule has 1 amide bonds. The van der Waals surface area contributed by atoms with Gasteiger partial charge in [-0.15, -0.1) is 0 Å². The molecule has 1 unspecified atom stereocenters. The van der Waals surface area contributed by atoms with E-state index in [2.05, 4.69) is 26.1 Å². The van der Waals surface area contributed by atoms with Gasteiger partial charge in [0.15, 0.2) is 6.10 Å². The molecule has 0 saturated heterocycles. The predicted molar refractivity (Wildman–Crippen MR) is 106 cm³/mol. The topological polar surface area (TPSA) is 116 Å². The standard InChI is InChI=1S/C20H24N2O5S/c1-13(18(23)22-16-9-11-17(12-10-16)28(21,25)26)27-19(24)14-5-7-15(8-6-14)20(2,3)4/h5-13H,1-4H3,(H,22,23)(H2,21,25,26). The average molecular weight is 404 g/mol. The van der Waals surface area contributed by atoms with E-state index in [0.717, 1.165) is 5.56 Å². The number of nitrogens with one attached hydrogen (secondary N) is 1. The lowest BCUT2D eigenvalue weighted by atomic mass is 9.87. The molecule has 3 N–H and O–H groups in total. The Balaban J connectivity index is 1.99. The number of rotatable bonds is 5. The zero-order valence-corrected chi connectivity index (χ0v) is 17.0. The molecule has 8 heteroatoms. The number of amides is 1. The molecule has 2 aromatic rings. The Morgan fingerprint density at radius 2 is 1.54 bits per heavy atom. The van der Waals surface area contributed by atoms with Gasteiger partial charge in [0.2, 0.25) is 10.0 Å². The zero-order chi connectivity index (χ0) is 21.1. The third-order valence-electron chi connectivity index (χ3n) is 4.09. The fourth-order valence-electron chi connectivity index (χ4n) is 2.36. The van der Waals surface area contributed by atoms with Crippen LogP contribution in [-0.2, 0) is 25.0 Å². The molecule has 150 valence electrons. The number of hydrogen-bond acceptors (Lipinski definition) is 5. The second kappa shape index (κ2) is 8.12. The number of carbonyl (C=O) groups excluding carboxylic acids is 2. The van der Waals surface area contributed by atoms with Gasteiger partial charge in [-0.3, -0.25) is 4.79 Å². The van der Waals surface area contributed by atoms with Crippen molar-refractivity contribution in [3.8, 4) is 0 Å². The highest BCUT2D eigenvalue weighted by atomic mass is 32.2. The zero-order valence-electron chi connectivity index (χ0n) is 16.2. The molecule has 0 aliphatic heterocycles. The first kappa shape index (κ1) is 21.6. The number of hydrogen-bond donors (Lipinski definition) is 2. The van der Waals surface area contributed by atoms with Gasteiger partial charge in [0.05, 0.1) is 10.5 Å². The highest BCUT2D eigenvalue weighted by Gasteiger charge is 2.20. The van der Waals surface area contributed by atoms with Gasteiger partial charge in [-0.1, -0.05) is 32.9 Å². The Labute approximate surface area is 164 Å². The highest BCUT2D eigenvalue weighted by molar-refractivity contribution is 7.89. The molecule has 0 aliphatic rings. The van der Waals surface area contributed by atoms with Crippen LogP contribution in [0.25, 0.3) is 0 Å². The van der Waals surface area contributed by atoms with Gasteiger partial charge in [-0.2, -0.15) is 0 Å². The molecule has 0 bridgehead atoms. The number of anilines is 1. The second-order valence-electron chi connectivity index (χ2n) is 7.43. The summed E-state index contributed by atoms with van der Waals surface area (Å²) in [5.74, 6) is -1.14. The summed E-state index contributed by atoms with van der Waals surface area (Å²) in [7, 11) is -3.81. The largest absolute Gasteiger partial charge is 0.449 e. The first-order valence-electron chi connectivity index (χ1n) is 8.63. The Kier molecular flexibility index (Phi) is 6.26. The molecular weight excluding hydrogens is 380 g/mol. The van der Waals surface area contributed by atoms with E-state index in [1.165, 1.54) is 31.2 Å². The van der Waals surface area contributed by atoms with Crippen LogP contribution in [0.2, 0.25) is 0 Å². The van der Waals surface area contributed by atoms with Gasteiger partial charge in [-0.05, 0) is 54.3 Å². The van der Waals surface area contributed by atoms with Crippen LogP contribution in [0.15, 0.2) is 53.4 Å². The van der Waals surface area contributed by atoms with E-state index in [0.29, 0.717) is 11.3 Å². The predicted octanol–water partition coefficient (Wildman–Crippen LogP) is 2.82. The van der Waals surface area contributed by atoms with Gasteiger partial charge in [0.25, 0.3) is 5.91 Å². The maximum absolute atomic E-state index is 12.2. The van der Waals surface area contributed by atoms with Crippen molar-refractivity contribution in [1.29, 1.82) is 0 Å². The molecule has 28 heavy (non-hydrogen) atoms. The Morgan fingerprint density at radius 1 is 1.00 bits per heavy atom. The minimum absolute atomic E-state index is 0.0333. The maximum Gasteiger partial charge on any atom is 0.338 e. The highest BCUT2D eigenvalue weighted by Crippen LogP contribution is 2.22. The van der Waals surface area contributed by atoms with Crippen LogP contribution in [0, 0.1) is 0 Å². The summed E-state index contributed by atoms with van der Waals surface area (Å²) in [5, 5.41) is 7.58. The van der Waals surface area contributed by atoms with Gasteiger partial charge in [0.1, 0.15) is 0 Å². The minimum Gasteiger partial charge on any atom is -0.449 e. The molecule has 0 spiro atoms. The number of ether oxygens (including phenoxy) is 1. The van der Waals surface area contributed by atoms with Gasteiger partial charge >= 0.3 is 5.97 Å². The number of benzene rings is 2. The summed E-state index contributed by atoms with van der Waals surface area (Å²) in [5.41, 5.74) is 1.76. The third kappa shape index (κ3) is 5.64. The summed E-state index contributed by atoms with van der Waals surface area (Å²) < 4.78 is 27.7. The van der Waals surface area contributed by atoms with Crippen molar-refractivity contribution in [1.82, 2.24) is 0 Å². The Morgan fingerprint density at radius 3 is 2.00 bits per heavy atom.